The molecule has 2 aliphatic heterocycles. The quantitative estimate of drug-likeness (QED) is 0.716. The second-order valence-corrected chi connectivity index (χ2v) is 4.72. The predicted octanol–water partition coefficient (Wildman–Crippen LogP) is -0.146. The number of likely N-dealkylation sites (tertiary alicyclic amines) is 1. The summed E-state index contributed by atoms with van der Waals surface area (Å²) in [6.07, 6.45) is 4.62. The third-order valence-corrected chi connectivity index (χ3v) is 3.60. The summed E-state index contributed by atoms with van der Waals surface area (Å²) in [6, 6.07) is 0.514. The van der Waals surface area contributed by atoms with Gasteiger partial charge < -0.3 is 10.2 Å². The van der Waals surface area contributed by atoms with E-state index in [0.29, 0.717) is 17.5 Å². The number of hydrogen-bond acceptors (Lipinski definition) is 3. The minimum atomic E-state index is 0.115. The maximum Gasteiger partial charge on any atom is 0.257 e. The summed E-state index contributed by atoms with van der Waals surface area (Å²) in [7, 11) is 1.83. The Balaban J connectivity index is 1.73. The van der Waals surface area contributed by atoms with Gasteiger partial charge in [-0.05, 0) is 18.9 Å². The van der Waals surface area contributed by atoms with Gasteiger partial charge in [-0.3, -0.25) is 9.48 Å². The molecule has 1 amide bonds. The van der Waals surface area contributed by atoms with Crippen molar-refractivity contribution in [2.24, 2.45) is 13.0 Å². The number of carbonyl (C=O) groups is 1. The van der Waals surface area contributed by atoms with Crippen molar-refractivity contribution in [3.8, 4) is 0 Å². The molecule has 2 atom stereocenters. The Morgan fingerprint density at radius 3 is 3.12 bits per heavy atom. The summed E-state index contributed by atoms with van der Waals surface area (Å²) in [5, 5.41) is 7.48. The van der Waals surface area contributed by atoms with Gasteiger partial charge in [-0.1, -0.05) is 0 Å². The van der Waals surface area contributed by atoms with E-state index in [1.165, 1.54) is 6.42 Å². The van der Waals surface area contributed by atoms with E-state index < -0.39 is 0 Å². The Bertz CT molecular complexity index is 402. The van der Waals surface area contributed by atoms with E-state index in [2.05, 4.69) is 10.4 Å². The molecule has 2 aliphatic rings. The van der Waals surface area contributed by atoms with Crippen LogP contribution in [0.5, 0.6) is 0 Å². The molecule has 16 heavy (non-hydrogen) atoms. The van der Waals surface area contributed by atoms with Crippen LogP contribution in [-0.4, -0.2) is 46.3 Å². The number of nitrogens with zero attached hydrogens (tertiary/aromatic N) is 3. The number of carbonyl (C=O) groups excluding carboxylic acids is 1. The highest BCUT2D eigenvalue weighted by Gasteiger charge is 2.38. The Labute approximate surface area is 94.4 Å². The van der Waals surface area contributed by atoms with E-state index in [9.17, 15) is 4.79 Å². The first kappa shape index (κ1) is 9.84. The Kier molecular flexibility index (Phi) is 2.21. The molecule has 0 spiro atoms. The molecule has 0 aromatic carbocycles. The second kappa shape index (κ2) is 3.59. The Morgan fingerprint density at radius 1 is 1.56 bits per heavy atom. The molecule has 2 unspecified atom stereocenters. The van der Waals surface area contributed by atoms with E-state index in [4.69, 9.17) is 0 Å². The van der Waals surface area contributed by atoms with Gasteiger partial charge in [-0.15, -0.1) is 0 Å². The lowest BCUT2D eigenvalue weighted by molar-refractivity contribution is 0.0782. The third-order valence-electron chi connectivity index (χ3n) is 3.60. The van der Waals surface area contributed by atoms with Gasteiger partial charge >= 0.3 is 0 Å². The first-order valence-electron chi connectivity index (χ1n) is 5.75. The van der Waals surface area contributed by atoms with Crippen LogP contribution in [0.15, 0.2) is 12.4 Å². The fourth-order valence-corrected chi connectivity index (χ4v) is 2.73. The number of hydrogen-bond donors (Lipinski definition) is 1. The molecule has 0 saturated carbocycles. The number of aryl methyl sites for hydroxylation is 1. The summed E-state index contributed by atoms with van der Waals surface area (Å²) in [4.78, 5) is 14.1. The van der Waals surface area contributed by atoms with Gasteiger partial charge in [0, 0.05) is 32.4 Å². The van der Waals surface area contributed by atoms with Gasteiger partial charge in [0.1, 0.15) is 0 Å². The van der Waals surface area contributed by atoms with Crippen molar-refractivity contribution in [3.05, 3.63) is 18.0 Å². The van der Waals surface area contributed by atoms with Crippen LogP contribution in [0, 0.1) is 5.92 Å². The van der Waals surface area contributed by atoms with Gasteiger partial charge in [0.15, 0.2) is 0 Å². The zero-order valence-corrected chi connectivity index (χ0v) is 9.39. The van der Waals surface area contributed by atoms with Crippen LogP contribution >= 0.6 is 0 Å². The molecule has 0 aliphatic carbocycles. The molecule has 2 fully saturated rings. The van der Waals surface area contributed by atoms with Gasteiger partial charge in [-0.2, -0.15) is 5.10 Å². The summed E-state index contributed by atoms with van der Waals surface area (Å²) in [6.45, 7) is 2.84. The lowest BCUT2D eigenvalue weighted by atomic mass is 10.1. The monoisotopic (exact) mass is 220 g/mol. The van der Waals surface area contributed by atoms with Crippen molar-refractivity contribution < 1.29 is 4.79 Å². The van der Waals surface area contributed by atoms with Gasteiger partial charge in [-0.25, -0.2) is 0 Å². The molecule has 3 rings (SSSR count). The lowest BCUT2D eigenvalue weighted by Gasteiger charge is -2.16. The van der Waals surface area contributed by atoms with Gasteiger partial charge in [0.25, 0.3) is 5.91 Å². The molecule has 5 nitrogen and oxygen atoms in total. The van der Waals surface area contributed by atoms with Crippen LogP contribution in [0.2, 0.25) is 0 Å². The third kappa shape index (κ3) is 1.51. The number of aromatic nitrogens is 2. The molecular weight excluding hydrogens is 204 g/mol. The van der Waals surface area contributed by atoms with Crippen molar-refractivity contribution >= 4 is 5.91 Å². The molecule has 0 radical (unpaired) electrons. The SMILES string of the molecule is Cn1cc(C(=O)N2CC3CCNC3C2)cn1. The zero-order chi connectivity index (χ0) is 11.1. The van der Waals surface area contributed by atoms with Crippen LogP contribution in [0.25, 0.3) is 0 Å². The van der Waals surface area contributed by atoms with E-state index in [-0.39, 0.29) is 5.91 Å². The van der Waals surface area contributed by atoms with Crippen LogP contribution in [0.3, 0.4) is 0 Å². The molecular formula is C11H16N4O. The number of rotatable bonds is 1. The lowest BCUT2D eigenvalue weighted by Crippen LogP contribution is -2.33. The molecule has 0 bridgehead atoms. The smallest absolute Gasteiger partial charge is 0.257 e. The van der Waals surface area contributed by atoms with E-state index in [1.54, 1.807) is 17.1 Å². The average molecular weight is 220 g/mol. The van der Waals surface area contributed by atoms with Crippen molar-refractivity contribution in [2.75, 3.05) is 19.6 Å². The summed E-state index contributed by atoms with van der Waals surface area (Å²) in [5.74, 6) is 0.768. The van der Waals surface area contributed by atoms with Crippen LogP contribution in [0.1, 0.15) is 16.8 Å². The Hall–Kier alpha value is -1.36. The van der Waals surface area contributed by atoms with Crippen LogP contribution in [0.4, 0.5) is 0 Å². The summed E-state index contributed by atoms with van der Waals surface area (Å²) in [5.41, 5.74) is 0.697. The first-order chi connectivity index (χ1) is 7.74. The van der Waals surface area contributed by atoms with Crippen LogP contribution < -0.4 is 5.32 Å². The molecule has 5 heteroatoms. The van der Waals surface area contributed by atoms with E-state index in [1.807, 2.05) is 11.9 Å². The molecule has 2 saturated heterocycles. The number of fused-ring (bicyclic) bond motifs is 1. The first-order valence-corrected chi connectivity index (χ1v) is 5.75. The topological polar surface area (TPSA) is 50.2 Å². The van der Waals surface area contributed by atoms with E-state index in [0.717, 1.165) is 19.6 Å². The minimum absolute atomic E-state index is 0.115. The van der Waals surface area contributed by atoms with Crippen LogP contribution in [-0.2, 0) is 7.05 Å². The van der Waals surface area contributed by atoms with Crippen molar-refractivity contribution in [1.29, 1.82) is 0 Å². The van der Waals surface area contributed by atoms with Crippen molar-refractivity contribution in [2.45, 2.75) is 12.5 Å². The summed E-state index contributed by atoms with van der Waals surface area (Å²) < 4.78 is 1.67. The maximum atomic E-state index is 12.1. The largest absolute Gasteiger partial charge is 0.337 e. The summed E-state index contributed by atoms with van der Waals surface area (Å²) >= 11 is 0. The number of nitrogens with one attached hydrogen (secondary N) is 1. The molecule has 1 N–H and O–H groups in total. The maximum absolute atomic E-state index is 12.1. The highest BCUT2D eigenvalue weighted by molar-refractivity contribution is 5.94. The number of amides is 1. The fraction of sp³-hybridized carbons (Fsp3) is 0.636. The Morgan fingerprint density at radius 2 is 2.44 bits per heavy atom. The zero-order valence-electron chi connectivity index (χ0n) is 9.39. The molecule has 1 aromatic heterocycles. The second-order valence-electron chi connectivity index (χ2n) is 4.72. The van der Waals surface area contributed by atoms with Crippen molar-refractivity contribution in [3.63, 3.8) is 0 Å². The van der Waals surface area contributed by atoms with Gasteiger partial charge in [0.05, 0.1) is 11.8 Å². The fourth-order valence-electron chi connectivity index (χ4n) is 2.73. The van der Waals surface area contributed by atoms with E-state index >= 15 is 0 Å². The molecule has 86 valence electrons. The van der Waals surface area contributed by atoms with Crippen molar-refractivity contribution in [1.82, 2.24) is 20.0 Å². The normalized spacial score (nSPS) is 28.4. The van der Waals surface area contributed by atoms with Gasteiger partial charge in [0.2, 0.25) is 0 Å². The predicted molar refractivity (Wildman–Crippen MR) is 59.0 cm³/mol. The highest BCUT2D eigenvalue weighted by atomic mass is 16.2. The minimum Gasteiger partial charge on any atom is -0.337 e. The molecule has 1 aromatic rings. The average Bonchev–Trinajstić information content (AvgIpc) is 2.89. The molecule has 3 heterocycles. The highest BCUT2D eigenvalue weighted by Crippen LogP contribution is 2.25. The standard InChI is InChI=1S/C11H16N4O/c1-14-5-9(4-13-14)11(16)15-6-8-2-3-12-10(8)7-15/h4-5,8,10,12H,2-3,6-7H2,1H3.